The molecule has 0 aliphatic carbocycles. The summed E-state index contributed by atoms with van der Waals surface area (Å²) in [6, 6.07) is 26.3. The molecular formula is C32H29N3O4. The van der Waals surface area contributed by atoms with Crippen molar-refractivity contribution in [2.45, 2.75) is 18.9 Å². The molecule has 0 spiro atoms. The van der Waals surface area contributed by atoms with E-state index in [1.54, 1.807) is 27.7 Å². The Balaban J connectivity index is 1.43. The van der Waals surface area contributed by atoms with Crippen LogP contribution in [0.15, 0.2) is 85.2 Å². The molecule has 5 aromatic rings. The molecule has 0 saturated heterocycles. The van der Waals surface area contributed by atoms with Crippen LogP contribution in [0.25, 0.3) is 10.8 Å². The molecule has 1 atom stereocenters. The van der Waals surface area contributed by atoms with Crippen LogP contribution in [-0.4, -0.2) is 30.9 Å². The predicted octanol–water partition coefficient (Wildman–Crippen LogP) is 6.07. The van der Waals surface area contributed by atoms with Gasteiger partial charge in [0.2, 0.25) is 5.88 Å². The fourth-order valence-corrected chi connectivity index (χ4v) is 5.30. The van der Waals surface area contributed by atoms with Crippen LogP contribution in [0.1, 0.15) is 28.2 Å². The van der Waals surface area contributed by atoms with Crippen molar-refractivity contribution in [3.63, 3.8) is 0 Å². The summed E-state index contributed by atoms with van der Waals surface area (Å²) in [7, 11) is 4.92. The highest BCUT2D eigenvalue weighted by Crippen LogP contribution is 2.48. The van der Waals surface area contributed by atoms with E-state index in [1.165, 1.54) is 0 Å². The molecule has 1 aromatic heterocycles. The lowest BCUT2D eigenvalue weighted by atomic mass is 9.83. The molecule has 2 heterocycles. The van der Waals surface area contributed by atoms with Crippen molar-refractivity contribution in [3.05, 3.63) is 113 Å². The number of nitrogens with one attached hydrogen (secondary N) is 1. The van der Waals surface area contributed by atoms with Gasteiger partial charge in [-0.15, -0.1) is 0 Å². The van der Waals surface area contributed by atoms with Gasteiger partial charge in [-0.3, -0.25) is 5.41 Å². The van der Waals surface area contributed by atoms with Gasteiger partial charge in [0.05, 0.1) is 26.9 Å². The Hall–Kier alpha value is -4.78. The Morgan fingerprint density at radius 1 is 0.872 bits per heavy atom. The first kappa shape index (κ1) is 24.6. The third-order valence-corrected chi connectivity index (χ3v) is 7.33. The Labute approximate surface area is 226 Å². The van der Waals surface area contributed by atoms with E-state index in [0.29, 0.717) is 35.8 Å². The number of hydrogen-bond acceptors (Lipinski definition) is 6. The number of rotatable bonds is 7. The summed E-state index contributed by atoms with van der Waals surface area (Å²) < 4.78 is 24.6. The summed E-state index contributed by atoms with van der Waals surface area (Å²) >= 11 is 0. The number of aryl methyl sites for hydroxylation is 2. The van der Waals surface area contributed by atoms with Crippen LogP contribution in [0, 0.1) is 5.41 Å². The highest BCUT2D eigenvalue weighted by Gasteiger charge is 2.33. The third-order valence-electron chi connectivity index (χ3n) is 7.33. The van der Waals surface area contributed by atoms with E-state index in [4.69, 9.17) is 23.9 Å². The summed E-state index contributed by atoms with van der Waals surface area (Å²) in [6.45, 7) is 0.578. The van der Waals surface area contributed by atoms with Gasteiger partial charge >= 0.3 is 0 Å². The van der Waals surface area contributed by atoms with Gasteiger partial charge in [0.1, 0.15) is 23.3 Å². The second-order valence-corrected chi connectivity index (χ2v) is 9.46. The highest BCUT2D eigenvalue weighted by atomic mass is 16.5. The molecule has 4 aromatic carbocycles. The number of hydrogen-bond donors (Lipinski definition) is 1. The molecule has 6 rings (SSSR count). The van der Waals surface area contributed by atoms with Crippen molar-refractivity contribution in [2.75, 3.05) is 21.3 Å². The molecule has 7 nitrogen and oxygen atoms in total. The summed E-state index contributed by atoms with van der Waals surface area (Å²) in [4.78, 5) is 4.72. The Morgan fingerprint density at radius 2 is 1.67 bits per heavy atom. The smallest absolute Gasteiger partial charge is 0.228 e. The molecule has 1 aliphatic rings. The zero-order chi connectivity index (χ0) is 26.9. The number of methoxy groups -OCH3 is 3. The Bertz CT molecular complexity index is 1730. The van der Waals surface area contributed by atoms with E-state index in [1.807, 2.05) is 47.0 Å². The van der Waals surface area contributed by atoms with E-state index < -0.39 is 0 Å². The molecule has 0 saturated carbocycles. The maximum Gasteiger partial charge on any atom is 0.228 e. The van der Waals surface area contributed by atoms with Crippen LogP contribution in [0.4, 0.5) is 0 Å². The lowest BCUT2D eigenvalue weighted by molar-refractivity contribution is 0.354. The van der Waals surface area contributed by atoms with Gasteiger partial charge in [-0.05, 0) is 47.2 Å². The zero-order valence-electron chi connectivity index (χ0n) is 22.1. The second kappa shape index (κ2) is 10.2. The Kier molecular flexibility index (Phi) is 6.40. The number of benzene rings is 4. The fourth-order valence-electron chi connectivity index (χ4n) is 5.30. The summed E-state index contributed by atoms with van der Waals surface area (Å²) in [6.07, 6.45) is 2.40. The maximum atomic E-state index is 9.27. The number of fused-ring (bicyclic) bond motifs is 4. The SMILES string of the molecule is COc1ccc([C@H]2c3ccc4ccccc4c3Oc3ncn(CCc4ccc(OC)c(OC)c4)c(=N)c32)cc1. The third kappa shape index (κ3) is 4.36. The summed E-state index contributed by atoms with van der Waals surface area (Å²) in [5.41, 5.74) is 4.26. The monoisotopic (exact) mass is 519 g/mol. The molecule has 0 fully saturated rings. The average Bonchev–Trinajstić information content (AvgIpc) is 2.99. The van der Waals surface area contributed by atoms with Crippen LogP contribution in [0.3, 0.4) is 0 Å². The molecule has 0 unspecified atom stereocenters. The van der Waals surface area contributed by atoms with Crippen LogP contribution in [-0.2, 0) is 13.0 Å². The lowest BCUT2D eigenvalue weighted by Gasteiger charge is -2.29. The molecule has 0 amide bonds. The van der Waals surface area contributed by atoms with Crippen molar-refractivity contribution < 1.29 is 18.9 Å². The van der Waals surface area contributed by atoms with Gasteiger partial charge in [-0.25, -0.2) is 4.98 Å². The average molecular weight is 520 g/mol. The van der Waals surface area contributed by atoms with Crippen molar-refractivity contribution in [1.29, 1.82) is 5.41 Å². The van der Waals surface area contributed by atoms with Crippen LogP contribution in [0.2, 0.25) is 0 Å². The van der Waals surface area contributed by atoms with Gasteiger partial charge < -0.3 is 23.5 Å². The minimum Gasteiger partial charge on any atom is -0.497 e. The first-order valence-electron chi connectivity index (χ1n) is 12.8. The fraction of sp³-hybridized carbons (Fsp3) is 0.188. The van der Waals surface area contributed by atoms with Gasteiger partial charge in [0, 0.05) is 23.4 Å². The summed E-state index contributed by atoms with van der Waals surface area (Å²) in [5, 5.41) is 11.4. The first-order chi connectivity index (χ1) is 19.1. The predicted molar refractivity (Wildman–Crippen MR) is 149 cm³/mol. The van der Waals surface area contributed by atoms with Crippen molar-refractivity contribution in [1.82, 2.24) is 9.55 Å². The molecular weight excluding hydrogens is 490 g/mol. The number of aromatic nitrogens is 2. The maximum absolute atomic E-state index is 9.27. The van der Waals surface area contributed by atoms with E-state index >= 15 is 0 Å². The van der Waals surface area contributed by atoms with Crippen LogP contribution < -0.4 is 24.4 Å². The molecule has 1 aliphatic heterocycles. The van der Waals surface area contributed by atoms with Gasteiger partial charge in [-0.2, -0.15) is 0 Å². The molecule has 0 radical (unpaired) electrons. The van der Waals surface area contributed by atoms with Crippen LogP contribution in [0.5, 0.6) is 28.9 Å². The zero-order valence-corrected chi connectivity index (χ0v) is 22.1. The van der Waals surface area contributed by atoms with Crippen molar-refractivity contribution in [3.8, 4) is 28.9 Å². The molecule has 7 heteroatoms. The quantitative estimate of drug-likeness (QED) is 0.277. The highest BCUT2D eigenvalue weighted by molar-refractivity contribution is 5.91. The van der Waals surface area contributed by atoms with Crippen molar-refractivity contribution >= 4 is 10.8 Å². The first-order valence-corrected chi connectivity index (χ1v) is 12.8. The normalized spacial score (nSPS) is 13.8. The second-order valence-electron chi connectivity index (χ2n) is 9.46. The number of ether oxygens (including phenoxy) is 4. The van der Waals surface area contributed by atoms with Crippen molar-refractivity contribution in [2.24, 2.45) is 0 Å². The molecule has 39 heavy (non-hydrogen) atoms. The van der Waals surface area contributed by atoms with E-state index in [2.05, 4.69) is 36.4 Å². The Morgan fingerprint density at radius 3 is 2.44 bits per heavy atom. The minimum atomic E-state index is -0.215. The van der Waals surface area contributed by atoms with Gasteiger partial charge in [0.25, 0.3) is 0 Å². The standard InChI is InChI=1S/C32H29N3O4/c1-36-23-12-9-22(10-13-23)28-25-14-11-21-6-4-5-7-24(21)30(25)39-32-29(28)31(33)35(19-34-32)17-16-20-8-15-26(37-2)27(18-20)38-3/h4-15,18-19,28,33H,16-17H2,1-3H3/t28-/m0/s1. The van der Waals surface area contributed by atoms with Gasteiger partial charge in [0.15, 0.2) is 11.5 Å². The van der Waals surface area contributed by atoms with E-state index in [9.17, 15) is 5.41 Å². The van der Waals surface area contributed by atoms with E-state index in [-0.39, 0.29) is 5.92 Å². The lowest BCUT2D eigenvalue weighted by Crippen LogP contribution is -2.30. The minimum absolute atomic E-state index is 0.215. The molecule has 0 bridgehead atoms. The van der Waals surface area contributed by atoms with Crippen LogP contribution >= 0.6 is 0 Å². The van der Waals surface area contributed by atoms with Gasteiger partial charge in [-0.1, -0.05) is 54.6 Å². The molecule has 1 N–H and O–H groups in total. The largest absolute Gasteiger partial charge is 0.497 e. The van der Waals surface area contributed by atoms with E-state index in [0.717, 1.165) is 44.5 Å². The number of nitrogens with zero attached hydrogens (tertiary/aromatic N) is 2. The molecule has 196 valence electrons. The summed E-state index contributed by atoms with van der Waals surface area (Å²) in [5.74, 6) is 3.20. The topological polar surface area (TPSA) is 78.6 Å².